The number of aliphatic hydroxyl groups excluding tert-OH is 1. The molecule has 0 saturated carbocycles. The van der Waals surface area contributed by atoms with Crippen molar-refractivity contribution in [3.05, 3.63) is 79.9 Å². The highest BCUT2D eigenvalue weighted by Crippen LogP contribution is 2.40. The molecule has 0 unspecified atom stereocenters. The second kappa shape index (κ2) is 12.0. The summed E-state index contributed by atoms with van der Waals surface area (Å²) in [6.07, 6.45) is 2.59. The van der Waals surface area contributed by atoms with E-state index in [9.17, 15) is 14.7 Å². The Balaban J connectivity index is 1.95. The molecule has 1 aliphatic heterocycles. The van der Waals surface area contributed by atoms with Gasteiger partial charge in [0.1, 0.15) is 28.7 Å². The van der Waals surface area contributed by atoms with Gasteiger partial charge in [-0.15, -0.1) is 0 Å². The molecule has 0 atom stereocenters. The average molecular weight is 544 g/mol. The molecule has 0 saturated heterocycles. The van der Waals surface area contributed by atoms with Gasteiger partial charge in [-0.05, 0) is 50.1 Å². The van der Waals surface area contributed by atoms with Gasteiger partial charge in [-0.1, -0.05) is 64.4 Å². The van der Waals surface area contributed by atoms with Crippen molar-refractivity contribution in [3.8, 4) is 5.75 Å². The molecule has 1 aliphatic rings. The molecule has 1 heterocycles. The maximum Gasteiger partial charge on any atom is 0.344 e. The number of benzene rings is 2. The molecule has 0 bridgehead atoms. The van der Waals surface area contributed by atoms with Crippen LogP contribution in [0.2, 0.25) is 0 Å². The van der Waals surface area contributed by atoms with Crippen molar-refractivity contribution >= 4 is 50.7 Å². The maximum atomic E-state index is 12.5. The molecule has 0 spiro atoms. The predicted molar refractivity (Wildman–Crippen MR) is 139 cm³/mol. The minimum absolute atomic E-state index is 0.0975. The predicted octanol–water partition coefficient (Wildman–Crippen LogP) is 6.52. The van der Waals surface area contributed by atoms with E-state index >= 15 is 0 Å². The van der Waals surface area contributed by atoms with Crippen LogP contribution in [0.4, 0.5) is 0 Å². The first-order chi connectivity index (χ1) is 16.3. The first kappa shape index (κ1) is 25.8. The van der Waals surface area contributed by atoms with Crippen LogP contribution >= 0.6 is 27.7 Å². The summed E-state index contributed by atoms with van der Waals surface area (Å²) in [5, 5.41) is 11.0. The van der Waals surface area contributed by atoms with E-state index in [1.165, 1.54) is 5.56 Å². The number of esters is 1. The van der Waals surface area contributed by atoms with Crippen LogP contribution in [0.25, 0.3) is 6.08 Å². The lowest BCUT2D eigenvalue weighted by Crippen LogP contribution is -2.14. The van der Waals surface area contributed by atoms with Crippen LogP contribution in [0.1, 0.15) is 43.4 Å². The number of hydrogen-bond donors (Lipinski definition) is 1. The zero-order chi connectivity index (χ0) is 24.7. The standard InChI is InChI=1S/C26H26BrNO5S/c1-4-6-22(29)28-25-23(26(31)32-5-2)24(30)21(34-25)14-18-13-19(27)11-12-20(18)33-15-17-9-7-16(3)8-10-17/h7-14,30H,4-6,15H2,1-3H3/b21-14-,28-25?. The van der Waals surface area contributed by atoms with Crippen molar-refractivity contribution < 1.29 is 24.2 Å². The molecule has 2 aromatic rings. The highest BCUT2D eigenvalue weighted by Gasteiger charge is 2.34. The number of aliphatic imine (C=N–C) groups is 1. The largest absolute Gasteiger partial charge is 0.506 e. The topological polar surface area (TPSA) is 85.2 Å². The number of rotatable bonds is 8. The van der Waals surface area contributed by atoms with Gasteiger partial charge in [0.2, 0.25) is 5.91 Å². The Kier molecular flexibility index (Phi) is 9.12. The highest BCUT2D eigenvalue weighted by atomic mass is 79.9. The summed E-state index contributed by atoms with van der Waals surface area (Å²) in [5.41, 5.74) is 2.80. The monoisotopic (exact) mass is 543 g/mol. The van der Waals surface area contributed by atoms with Gasteiger partial charge in [-0.3, -0.25) is 4.79 Å². The Morgan fingerprint density at radius 2 is 1.88 bits per heavy atom. The van der Waals surface area contributed by atoms with Gasteiger partial charge >= 0.3 is 5.97 Å². The molecule has 1 amide bonds. The Labute approximate surface area is 211 Å². The Hall–Kier alpha value is -2.84. The number of amides is 1. The summed E-state index contributed by atoms with van der Waals surface area (Å²) in [7, 11) is 0. The van der Waals surface area contributed by atoms with E-state index in [2.05, 4.69) is 20.9 Å². The fourth-order valence-corrected chi connectivity index (χ4v) is 4.53. The SMILES string of the molecule is CCCC(=O)N=C1S/C(=C\c2cc(Br)ccc2OCc2ccc(C)cc2)C(O)=C1C(=O)OCC. The quantitative estimate of drug-likeness (QED) is 0.381. The number of thioether (sulfide) groups is 1. The van der Waals surface area contributed by atoms with Crippen LogP contribution in [-0.2, 0) is 20.9 Å². The van der Waals surface area contributed by atoms with E-state index in [4.69, 9.17) is 9.47 Å². The van der Waals surface area contributed by atoms with Crippen LogP contribution < -0.4 is 4.74 Å². The summed E-state index contributed by atoms with van der Waals surface area (Å²) in [6.45, 7) is 6.08. The van der Waals surface area contributed by atoms with Crippen LogP contribution in [0.3, 0.4) is 0 Å². The van der Waals surface area contributed by atoms with E-state index in [1.807, 2.05) is 56.3 Å². The van der Waals surface area contributed by atoms with Crippen LogP contribution in [0.15, 0.2) is 68.2 Å². The number of aliphatic hydroxyl groups is 1. The van der Waals surface area contributed by atoms with Crippen LogP contribution in [-0.4, -0.2) is 28.6 Å². The molecule has 0 fully saturated rings. The maximum absolute atomic E-state index is 12.5. The number of aryl methyl sites for hydroxylation is 1. The summed E-state index contributed by atoms with van der Waals surface area (Å²) < 4.78 is 12.0. The van der Waals surface area contributed by atoms with Crippen molar-refractivity contribution in [3.63, 3.8) is 0 Å². The van der Waals surface area contributed by atoms with Crippen molar-refractivity contribution in [2.75, 3.05) is 6.61 Å². The molecular weight excluding hydrogens is 518 g/mol. The molecule has 178 valence electrons. The summed E-state index contributed by atoms with van der Waals surface area (Å²) >= 11 is 4.53. The molecule has 2 aromatic carbocycles. The lowest BCUT2D eigenvalue weighted by Gasteiger charge is -2.11. The zero-order valence-electron chi connectivity index (χ0n) is 19.3. The second-order valence-corrected chi connectivity index (χ2v) is 9.52. The summed E-state index contributed by atoms with van der Waals surface area (Å²) in [4.78, 5) is 29.1. The van der Waals surface area contributed by atoms with Crippen molar-refractivity contribution in [2.24, 2.45) is 4.99 Å². The van der Waals surface area contributed by atoms with E-state index in [1.54, 1.807) is 13.0 Å². The van der Waals surface area contributed by atoms with Crippen molar-refractivity contribution in [2.45, 2.75) is 40.2 Å². The third-order valence-corrected chi connectivity index (χ3v) is 6.35. The van der Waals surface area contributed by atoms with Crippen molar-refractivity contribution in [1.82, 2.24) is 0 Å². The molecule has 8 heteroatoms. The average Bonchev–Trinajstić information content (AvgIpc) is 3.09. The second-order valence-electron chi connectivity index (χ2n) is 7.57. The lowest BCUT2D eigenvalue weighted by atomic mass is 10.1. The number of nitrogens with zero attached hydrogens (tertiary/aromatic N) is 1. The van der Waals surface area contributed by atoms with Gasteiger partial charge in [-0.2, -0.15) is 0 Å². The van der Waals surface area contributed by atoms with Gasteiger partial charge in [0.15, 0.2) is 0 Å². The van der Waals surface area contributed by atoms with Gasteiger partial charge in [0.05, 0.1) is 11.5 Å². The minimum Gasteiger partial charge on any atom is -0.506 e. The van der Waals surface area contributed by atoms with Gasteiger partial charge in [0, 0.05) is 16.5 Å². The Morgan fingerprint density at radius 3 is 2.56 bits per heavy atom. The third-order valence-electron chi connectivity index (χ3n) is 4.83. The Bertz CT molecular complexity index is 1170. The molecule has 6 nitrogen and oxygen atoms in total. The fourth-order valence-electron chi connectivity index (χ4n) is 3.13. The zero-order valence-corrected chi connectivity index (χ0v) is 21.7. The summed E-state index contributed by atoms with van der Waals surface area (Å²) in [6, 6.07) is 13.6. The molecule has 1 N–H and O–H groups in total. The van der Waals surface area contributed by atoms with Crippen LogP contribution in [0, 0.1) is 6.92 Å². The highest BCUT2D eigenvalue weighted by molar-refractivity contribution is 9.10. The molecule has 3 rings (SSSR count). The number of hydrogen-bond acceptors (Lipinski definition) is 6. The van der Waals surface area contributed by atoms with E-state index in [-0.39, 0.29) is 35.3 Å². The van der Waals surface area contributed by atoms with Crippen LogP contribution in [0.5, 0.6) is 5.75 Å². The smallest absolute Gasteiger partial charge is 0.344 e. The van der Waals surface area contributed by atoms with E-state index < -0.39 is 5.97 Å². The normalized spacial score (nSPS) is 15.8. The number of halogens is 1. The number of carbonyl (C=O) groups is 2. The molecule has 0 aliphatic carbocycles. The summed E-state index contributed by atoms with van der Waals surface area (Å²) in [5.74, 6) is -0.736. The molecular formula is C26H26BrNO5S. The van der Waals surface area contributed by atoms with Gasteiger partial charge < -0.3 is 14.6 Å². The number of ether oxygens (including phenoxy) is 2. The van der Waals surface area contributed by atoms with E-state index in [0.29, 0.717) is 29.2 Å². The first-order valence-corrected chi connectivity index (χ1v) is 12.5. The molecule has 34 heavy (non-hydrogen) atoms. The van der Waals surface area contributed by atoms with Crippen molar-refractivity contribution in [1.29, 1.82) is 0 Å². The number of carbonyl (C=O) groups excluding carboxylic acids is 2. The van der Waals surface area contributed by atoms with E-state index in [0.717, 1.165) is 21.8 Å². The van der Waals surface area contributed by atoms with Gasteiger partial charge in [0.25, 0.3) is 0 Å². The Morgan fingerprint density at radius 1 is 1.15 bits per heavy atom. The minimum atomic E-state index is -0.718. The third kappa shape index (κ3) is 6.61. The fraction of sp³-hybridized carbons (Fsp3) is 0.269. The molecule has 0 aromatic heterocycles. The molecule has 0 radical (unpaired) electrons. The lowest BCUT2D eigenvalue weighted by molar-refractivity contribution is -0.138. The first-order valence-electron chi connectivity index (χ1n) is 10.9. The van der Waals surface area contributed by atoms with Gasteiger partial charge in [-0.25, -0.2) is 9.79 Å².